The Morgan fingerprint density at radius 2 is 1.55 bits per heavy atom. The molecule has 0 aliphatic heterocycles. The van der Waals surface area contributed by atoms with Crippen molar-refractivity contribution in [3.05, 3.63) is 88.7 Å². The molecule has 29 heavy (non-hydrogen) atoms. The van der Waals surface area contributed by atoms with Gasteiger partial charge in [-0.25, -0.2) is 0 Å². The summed E-state index contributed by atoms with van der Waals surface area (Å²) < 4.78 is 1.37. The van der Waals surface area contributed by atoms with E-state index in [4.69, 9.17) is 23.2 Å². The molecule has 0 atom stereocenters. The van der Waals surface area contributed by atoms with Gasteiger partial charge < -0.3 is 0 Å². The summed E-state index contributed by atoms with van der Waals surface area (Å²) in [6.07, 6.45) is 1.59. The van der Waals surface area contributed by atoms with Gasteiger partial charge in [0, 0.05) is 23.2 Å². The Morgan fingerprint density at radius 3 is 2.17 bits per heavy atom. The fourth-order valence-electron chi connectivity index (χ4n) is 2.95. The number of halogens is 2. The summed E-state index contributed by atoms with van der Waals surface area (Å²) in [4.78, 5) is 34.0. The molecule has 4 rings (SSSR count). The summed E-state index contributed by atoms with van der Waals surface area (Å²) in [6.45, 7) is 0. The SMILES string of the molecule is O=C(Nc1nc(Cl)c2c(CCl)cn(C(=O)c3ccccc3)c2n1)c1ccccc1. The lowest BCUT2D eigenvalue weighted by Gasteiger charge is -2.07. The number of carbonyl (C=O) groups excluding carboxylic acids is 2. The molecule has 0 aliphatic rings. The quantitative estimate of drug-likeness (QED) is 0.378. The molecule has 144 valence electrons. The van der Waals surface area contributed by atoms with Crippen molar-refractivity contribution >= 4 is 52.0 Å². The van der Waals surface area contributed by atoms with Gasteiger partial charge in [-0.1, -0.05) is 48.0 Å². The van der Waals surface area contributed by atoms with Crippen LogP contribution in [0.2, 0.25) is 5.15 Å². The van der Waals surface area contributed by atoms with Crippen molar-refractivity contribution in [3.8, 4) is 0 Å². The average Bonchev–Trinajstić information content (AvgIpc) is 3.13. The number of nitrogens with zero attached hydrogens (tertiary/aromatic N) is 3. The van der Waals surface area contributed by atoms with Gasteiger partial charge in [-0.3, -0.25) is 19.5 Å². The van der Waals surface area contributed by atoms with Gasteiger partial charge in [0.2, 0.25) is 5.95 Å². The lowest BCUT2D eigenvalue weighted by Crippen LogP contribution is -2.16. The number of alkyl halides is 1. The largest absolute Gasteiger partial charge is 0.290 e. The molecule has 6 nitrogen and oxygen atoms in total. The first-order valence-corrected chi connectivity index (χ1v) is 9.59. The summed E-state index contributed by atoms with van der Waals surface area (Å²) in [5.41, 5.74) is 1.83. The fraction of sp³-hybridized carbons (Fsp3) is 0.0476. The van der Waals surface area contributed by atoms with Gasteiger partial charge in [-0.15, -0.1) is 11.6 Å². The molecule has 4 aromatic rings. The molecule has 0 bridgehead atoms. The molecule has 0 fully saturated rings. The van der Waals surface area contributed by atoms with E-state index in [1.165, 1.54) is 4.57 Å². The second kappa shape index (κ2) is 8.03. The molecule has 2 heterocycles. The molecule has 0 spiro atoms. The van der Waals surface area contributed by atoms with Gasteiger partial charge in [-0.2, -0.15) is 9.97 Å². The Bertz CT molecular complexity index is 1210. The van der Waals surface area contributed by atoms with Crippen molar-refractivity contribution in [1.82, 2.24) is 14.5 Å². The maximum Gasteiger partial charge on any atom is 0.263 e. The van der Waals surface area contributed by atoms with E-state index in [2.05, 4.69) is 15.3 Å². The Balaban J connectivity index is 1.79. The minimum atomic E-state index is -0.383. The van der Waals surface area contributed by atoms with Crippen LogP contribution >= 0.6 is 23.2 Å². The van der Waals surface area contributed by atoms with E-state index in [1.807, 2.05) is 12.1 Å². The number of aromatic nitrogens is 3. The Hall–Kier alpha value is -3.22. The zero-order chi connectivity index (χ0) is 20.4. The number of fused-ring (bicyclic) bond motifs is 1. The number of hydrogen-bond acceptors (Lipinski definition) is 4. The van der Waals surface area contributed by atoms with E-state index in [-0.39, 0.29) is 34.4 Å². The second-order valence-corrected chi connectivity index (χ2v) is 6.81. The van der Waals surface area contributed by atoms with Crippen molar-refractivity contribution in [2.75, 3.05) is 5.32 Å². The average molecular weight is 425 g/mol. The van der Waals surface area contributed by atoms with Crippen molar-refractivity contribution < 1.29 is 9.59 Å². The smallest absolute Gasteiger partial charge is 0.263 e. The lowest BCUT2D eigenvalue weighted by molar-refractivity contribution is 0.0963. The van der Waals surface area contributed by atoms with Crippen molar-refractivity contribution in [2.45, 2.75) is 5.88 Å². The highest BCUT2D eigenvalue weighted by Gasteiger charge is 2.21. The Labute approximate surface area is 176 Å². The van der Waals surface area contributed by atoms with E-state index in [1.54, 1.807) is 54.7 Å². The van der Waals surface area contributed by atoms with Crippen LogP contribution in [-0.4, -0.2) is 26.3 Å². The van der Waals surface area contributed by atoms with Gasteiger partial charge in [0.15, 0.2) is 5.65 Å². The van der Waals surface area contributed by atoms with Crippen LogP contribution in [0, 0.1) is 0 Å². The summed E-state index contributed by atoms with van der Waals surface area (Å²) in [7, 11) is 0. The number of amides is 1. The van der Waals surface area contributed by atoms with Crippen LogP contribution < -0.4 is 5.32 Å². The van der Waals surface area contributed by atoms with E-state index in [9.17, 15) is 9.59 Å². The minimum Gasteiger partial charge on any atom is -0.290 e. The van der Waals surface area contributed by atoms with Crippen LogP contribution in [0.5, 0.6) is 0 Å². The summed E-state index contributed by atoms with van der Waals surface area (Å²) in [5.74, 6) is -0.546. The van der Waals surface area contributed by atoms with Gasteiger partial charge in [0.05, 0.1) is 5.39 Å². The van der Waals surface area contributed by atoms with Crippen molar-refractivity contribution in [1.29, 1.82) is 0 Å². The van der Waals surface area contributed by atoms with Crippen LogP contribution in [-0.2, 0) is 5.88 Å². The third kappa shape index (κ3) is 3.72. The molecule has 0 saturated heterocycles. The zero-order valence-corrected chi connectivity index (χ0v) is 16.5. The predicted molar refractivity (Wildman–Crippen MR) is 113 cm³/mol. The van der Waals surface area contributed by atoms with Crippen LogP contribution in [0.15, 0.2) is 66.9 Å². The highest BCUT2D eigenvalue weighted by molar-refractivity contribution is 6.35. The highest BCUT2D eigenvalue weighted by atomic mass is 35.5. The van der Waals surface area contributed by atoms with Crippen molar-refractivity contribution in [3.63, 3.8) is 0 Å². The normalized spacial score (nSPS) is 10.8. The van der Waals surface area contributed by atoms with Crippen LogP contribution in [0.4, 0.5) is 5.95 Å². The second-order valence-electron chi connectivity index (χ2n) is 6.19. The summed E-state index contributed by atoms with van der Waals surface area (Å²) in [5, 5.41) is 3.20. The molecule has 1 N–H and O–H groups in total. The molecule has 0 radical (unpaired) electrons. The summed E-state index contributed by atoms with van der Waals surface area (Å²) >= 11 is 12.4. The Kier molecular flexibility index (Phi) is 5.29. The van der Waals surface area contributed by atoms with Gasteiger partial charge >= 0.3 is 0 Å². The molecule has 8 heteroatoms. The highest BCUT2D eigenvalue weighted by Crippen LogP contribution is 2.29. The number of rotatable bonds is 4. The van der Waals surface area contributed by atoms with E-state index >= 15 is 0 Å². The van der Waals surface area contributed by atoms with Gasteiger partial charge in [-0.05, 0) is 29.8 Å². The van der Waals surface area contributed by atoms with Gasteiger partial charge in [0.25, 0.3) is 11.8 Å². The number of benzene rings is 2. The Morgan fingerprint density at radius 1 is 0.931 bits per heavy atom. The van der Waals surface area contributed by atoms with Crippen LogP contribution in [0.1, 0.15) is 26.3 Å². The molecule has 0 aliphatic carbocycles. The fourth-order valence-corrected chi connectivity index (χ4v) is 3.44. The van der Waals surface area contributed by atoms with Crippen LogP contribution in [0.3, 0.4) is 0 Å². The topological polar surface area (TPSA) is 76.9 Å². The van der Waals surface area contributed by atoms with Crippen molar-refractivity contribution in [2.24, 2.45) is 0 Å². The van der Waals surface area contributed by atoms with Gasteiger partial charge in [0.1, 0.15) is 5.15 Å². The molecule has 0 unspecified atom stereocenters. The molecule has 2 aromatic carbocycles. The molecule has 0 saturated carbocycles. The first kappa shape index (κ1) is 19.1. The summed E-state index contributed by atoms with van der Waals surface area (Å²) in [6, 6.07) is 17.4. The molecular formula is C21H14Cl2N4O2. The standard InChI is InChI=1S/C21H14Cl2N4O2/c22-11-15-12-27(20(29)14-9-5-2-6-10-14)18-16(15)17(23)24-21(25-18)26-19(28)13-7-3-1-4-8-13/h1-10,12H,11H2,(H,24,25,26,28). The van der Waals surface area contributed by atoms with E-state index in [0.717, 1.165) is 0 Å². The monoisotopic (exact) mass is 424 g/mol. The predicted octanol–water partition coefficient (Wildman–Crippen LogP) is 4.76. The number of carbonyl (C=O) groups is 2. The molecule has 1 amide bonds. The number of anilines is 1. The number of hydrogen-bond donors (Lipinski definition) is 1. The first-order chi connectivity index (χ1) is 14.1. The maximum absolute atomic E-state index is 13.0. The number of nitrogens with one attached hydrogen (secondary N) is 1. The van der Waals surface area contributed by atoms with E-state index in [0.29, 0.717) is 22.1 Å². The maximum atomic E-state index is 13.0. The lowest BCUT2D eigenvalue weighted by atomic mass is 10.2. The minimum absolute atomic E-state index is 0.00214. The van der Waals surface area contributed by atoms with Crippen LogP contribution in [0.25, 0.3) is 11.0 Å². The van der Waals surface area contributed by atoms with E-state index < -0.39 is 0 Å². The third-order valence-electron chi connectivity index (χ3n) is 4.32. The zero-order valence-electron chi connectivity index (χ0n) is 15.0. The first-order valence-electron chi connectivity index (χ1n) is 8.68. The third-order valence-corrected chi connectivity index (χ3v) is 4.89. The molecule has 2 aromatic heterocycles. The molecular weight excluding hydrogens is 411 g/mol.